The maximum absolute atomic E-state index is 12.2. The Morgan fingerprint density at radius 2 is 1.65 bits per heavy atom. The van der Waals surface area contributed by atoms with Gasteiger partial charge in [0.1, 0.15) is 11.6 Å². The molecule has 6 nitrogen and oxygen atoms in total. The van der Waals surface area contributed by atoms with Crippen molar-refractivity contribution in [3.8, 4) is 0 Å². The summed E-state index contributed by atoms with van der Waals surface area (Å²) in [4.78, 5) is 12.2. The minimum Gasteiger partial charge on any atom is -0.335 e. The normalized spacial score (nSPS) is 25.5. The van der Waals surface area contributed by atoms with Gasteiger partial charge in [-0.3, -0.25) is 0 Å². The van der Waals surface area contributed by atoms with Gasteiger partial charge in [-0.05, 0) is 38.5 Å². The number of nitrogens with one attached hydrogen (secondary N) is 2. The van der Waals surface area contributed by atoms with Gasteiger partial charge >= 0.3 is 6.03 Å². The first-order chi connectivity index (χ1) is 11.3. The van der Waals surface area contributed by atoms with Crippen LogP contribution in [-0.4, -0.2) is 32.9 Å². The predicted molar refractivity (Wildman–Crippen MR) is 87.3 cm³/mol. The lowest BCUT2D eigenvalue weighted by Gasteiger charge is -2.24. The van der Waals surface area contributed by atoms with E-state index in [0.29, 0.717) is 12.0 Å². The number of fused-ring (bicyclic) bond motifs is 1. The van der Waals surface area contributed by atoms with E-state index in [2.05, 4.69) is 25.4 Å². The molecule has 1 unspecified atom stereocenters. The molecule has 0 aromatic carbocycles. The van der Waals surface area contributed by atoms with Crippen LogP contribution in [-0.2, 0) is 13.0 Å². The fourth-order valence-corrected chi connectivity index (χ4v) is 3.96. The van der Waals surface area contributed by atoms with Crippen molar-refractivity contribution in [2.75, 3.05) is 0 Å². The molecule has 1 aliphatic heterocycles. The molecule has 2 amide bonds. The quantitative estimate of drug-likeness (QED) is 0.899. The van der Waals surface area contributed by atoms with Crippen LogP contribution in [0.3, 0.4) is 0 Å². The Labute approximate surface area is 137 Å². The Kier molecular flexibility index (Phi) is 4.23. The molecule has 0 bridgehead atoms. The van der Waals surface area contributed by atoms with Crippen LogP contribution in [0.4, 0.5) is 4.79 Å². The van der Waals surface area contributed by atoms with E-state index in [1.807, 2.05) is 0 Å². The average Bonchev–Trinajstić information content (AvgIpc) is 3.35. The lowest BCUT2D eigenvalue weighted by atomic mass is 9.96. The number of aromatic nitrogens is 3. The van der Waals surface area contributed by atoms with Crippen LogP contribution in [0.25, 0.3) is 0 Å². The number of amides is 2. The maximum atomic E-state index is 12.2. The summed E-state index contributed by atoms with van der Waals surface area (Å²) in [5, 5.41) is 15.1. The Balaban J connectivity index is 1.30. The highest BCUT2D eigenvalue weighted by Gasteiger charge is 2.31. The molecule has 23 heavy (non-hydrogen) atoms. The number of carbonyl (C=O) groups excluding carboxylic acids is 1. The summed E-state index contributed by atoms with van der Waals surface area (Å²) >= 11 is 0. The second kappa shape index (κ2) is 6.49. The third-order valence-corrected chi connectivity index (χ3v) is 5.49. The number of rotatable bonds is 3. The molecule has 3 aliphatic rings. The zero-order chi connectivity index (χ0) is 15.6. The van der Waals surface area contributed by atoms with Crippen molar-refractivity contribution < 1.29 is 4.79 Å². The van der Waals surface area contributed by atoms with Crippen LogP contribution < -0.4 is 10.6 Å². The van der Waals surface area contributed by atoms with Crippen molar-refractivity contribution >= 4 is 6.03 Å². The molecule has 2 fully saturated rings. The highest BCUT2D eigenvalue weighted by Crippen LogP contribution is 2.39. The molecule has 2 N–H and O–H groups in total. The third-order valence-electron chi connectivity index (χ3n) is 5.49. The van der Waals surface area contributed by atoms with Crippen molar-refractivity contribution in [2.45, 2.75) is 88.8 Å². The Bertz CT molecular complexity index is 559. The molecular formula is C17H27N5O. The van der Waals surface area contributed by atoms with Gasteiger partial charge in [0.15, 0.2) is 0 Å². The van der Waals surface area contributed by atoms with Crippen LogP contribution >= 0.6 is 0 Å². The standard InChI is InChI=1S/C17H27N5O/c23-17(18-13-4-2-1-3-5-13)19-14-8-9-15-20-21-16(12-6-7-12)22(15)11-10-14/h12-14H,1-11H2,(H2,18,19,23). The minimum absolute atomic E-state index is 0.0157. The van der Waals surface area contributed by atoms with Crippen molar-refractivity contribution in [1.29, 1.82) is 0 Å². The summed E-state index contributed by atoms with van der Waals surface area (Å²) in [7, 11) is 0. The highest BCUT2D eigenvalue weighted by atomic mass is 16.2. The van der Waals surface area contributed by atoms with Gasteiger partial charge in [-0.25, -0.2) is 4.79 Å². The summed E-state index contributed by atoms with van der Waals surface area (Å²) in [6.45, 7) is 0.933. The van der Waals surface area contributed by atoms with Crippen LogP contribution in [0.2, 0.25) is 0 Å². The van der Waals surface area contributed by atoms with Crippen LogP contribution in [0.15, 0.2) is 0 Å². The van der Waals surface area contributed by atoms with E-state index in [-0.39, 0.29) is 12.1 Å². The van der Waals surface area contributed by atoms with E-state index in [1.54, 1.807) is 0 Å². The number of nitrogens with zero attached hydrogens (tertiary/aromatic N) is 3. The van der Waals surface area contributed by atoms with E-state index in [4.69, 9.17) is 0 Å². The number of aryl methyl sites for hydroxylation is 1. The lowest BCUT2D eigenvalue weighted by molar-refractivity contribution is 0.227. The summed E-state index contributed by atoms with van der Waals surface area (Å²) in [5.41, 5.74) is 0. The van der Waals surface area contributed by atoms with Gasteiger partial charge in [-0.1, -0.05) is 19.3 Å². The number of carbonyl (C=O) groups is 1. The Morgan fingerprint density at radius 3 is 2.39 bits per heavy atom. The number of urea groups is 1. The smallest absolute Gasteiger partial charge is 0.315 e. The van der Waals surface area contributed by atoms with Gasteiger partial charge in [0, 0.05) is 31.0 Å². The zero-order valence-electron chi connectivity index (χ0n) is 13.8. The topological polar surface area (TPSA) is 71.8 Å². The zero-order valence-corrected chi connectivity index (χ0v) is 13.8. The molecule has 1 aromatic rings. The molecule has 0 spiro atoms. The van der Waals surface area contributed by atoms with E-state index >= 15 is 0 Å². The maximum Gasteiger partial charge on any atom is 0.315 e. The van der Waals surface area contributed by atoms with Crippen LogP contribution in [0, 0.1) is 0 Å². The summed E-state index contributed by atoms with van der Waals surface area (Å²) in [6.07, 6.45) is 11.4. The molecule has 2 heterocycles. The fraction of sp³-hybridized carbons (Fsp3) is 0.824. The first-order valence-electron chi connectivity index (χ1n) is 9.28. The van der Waals surface area contributed by atoms with Crippen LogP contribution in [0.5, 0.6) is 0 Å². The predicted octanol–water partition coefficient (Wildman–Crippen LogP) is 2.49. The summed E-state index contributed by atoms with van der Waals surface area (Å²) < 4.78 is 2.30. The van der Waals surface area contributed by atoms with E-state index in [9.17, 15) is 4.79 Å². The average molecular weight is 317 g/mol. The van der Waals surface area contributed by atoms with Gasteiger partial charge in [-0.15, -0.1) is 10.2 Å². The molecule has 1 atom stereocenters. The molecule has 2 saturated carbocycles. The second-order valence-electron chi connectivity index (χ2n) is 7.38. The number of hydrogen-bond donors (Lipinski definition) is 2. The van der Waals surface area contributed by atoms with Gasteiger partial charge in [0.05, 0.1) is 0 Å². The Hall–Kier alpha value is -1.59. The van der Waals surface area contributed by atoms with Gasteiger partial charge in [0.25, 0.3) is 0 Å². The van der Waals surface area contributed by atoms with E-state index in [1.165, 1.54) is 37.9 Å². The summed E-state index contributed by atoms with van der Waals surface area (Å²) in [5.74, 6) is 2.91. The SMILES string of the molecule is O=C(NC1CCCCC1)NC1CCc2nnc(C3CC3)n2CC1. The summed E-state index contributed by atoms with van der Waals surface area (Å²) in [6, 6.07) is 0.630. The highest BCUT2D eigenvalue weighted by molar-refractivity contribution is 5.74. The third kappa shape index (κ3) is 3.51. The lowest BCUT2D eigenvalue weighted by Crippen LogP contribution is -2.47. The molecule has 1 aromatic heterocycles. The monoisotopic (exact) mass is 317 g/mol. The number of hydrogen-bond acceptors (Lipinski definition) is 3. The van der Waals surface area contributed by atoms with Crippen molar-refractivity contribution in [2.24, 2.45) is 0 Å². The minimum atomic E-state index is 0.0157. The van der Waals surface area contributed by atoms with Gasteiger partial charge < -0.3 is 15.2 Å². The van der Waals surface area contributed by atoms with Crippen LogP contribution in [0.1, 0.15) is 75.4 Å². The van der Waals surface area contributed by atoms with E-state index < -0.39 is 0 Å². The molecule has 0 radical (unpaired) electrons. The first kappa shape index (κ1) is 15.0. The molecule has 126 valence electrons. The fourth-order valence-electron chi connectivity index (χ4n) is 3.96. The van der Waals surface area contributed by atoms with Crippen molar-refractivity contribution in [3.05, 3.63) is 11.6 Å². The molecule has 6 heteroatoms. The van der Waals surface area contributed by atoms with E-state index in [0.717, 1.165) is 44.5 Å². The van der Waals surface area contributed by atoms with Gasteiger partial charge in [-0.2, -0.15) is 0 Å². The largest absolute Gasteiger partial charge is 0.335 e. The van der Waals surface area contributed by atoms with Crippen molar-refractivity contribution in [1.82, 2.24) is 25.4 Å². The molecule has 4 rings (SSSR count). The molecule has 0 saturated heterocycles. The Morgan fingerprint density at radius 1 is 0.913 bits per heavy atom. The molecule has 2 aliphatic carbocycles. The van der Waals surface area contributed by atoms with Gasteiger partial charge in [0.2, 0.25) is 0 Å². The first-order valence-corrected chi connectivity index (χ1v) is 9.28. The second-order valence-corrected chi connectivity index (χ2v) is 7.38. The van der Waals surface area contributed by atoms with Crippen molar-refractivity contribution in [3.63, 3.8) is 0 Å². The molecular weight excluding hydrogens is 290 g/mol.